The number of amides is 1. The molecule has 0 fully saturated rings. The van der Waals surface area contributed by atoms with Crippen LogP contribution >= 0.6 is 0 Å². The molecule has 5 nitrogen and oxygen atoms in total. The molecule has 0 bridgehead atoms. The SMILES string of the molecule is COc1ccc(C/C(C)=N\NC(=O)c2ccccc2O)cc1. The van der Waals surface area contributed by atoms with Gasteiger partial charge in [-0.1, -0.05) is 24.3 Å². The first kappa shape index (κ1) is 15.6. The van der Waals surface area contributed by atoms with E-state index in [-0.39, 0.29) is 11.3 Å². The Kier molecular flexibility index (Phi) is 5.14. The molecule has 0 saturated heterocycles. The van der Waals surface area contributed by atoms with Gasteiger partial charge in [0.1, 0.15) is 11.5 Å². The number of phenols is 1. The maximum Gasteiger partial charge on any atom is 0.275 e. The molecular weight excluding hydrogens is 280 g/mol. The van der Waals surface area contributed by atoms with Gasteiger partial charge in [-0.2, -0.15) is 5.10 Å². The van der Waals surface area contributed by atoms with Crippen LogP contribution in [0.2, 0.25) is 0 Å². The standard InChI is InChI=1S/C17H18N2O3/c1-12(11-13-7-9-14(22-2)10-8-13)18-19-17(21)15-5-3-4-6-16(15)20/h3-10,20H,11H2,1-2H3,(H,19,21)/b18-12-. The number of nitrogens with one attached hydrogen (secondary N) is 1. The zero-order valence-electron chi connectivity index (χ0n) is 12.5. The number of benzene rings is 2. The summed E-state index contributed by atoms with van der Waals surface area (Å²) in [6.07, 6.45) is 0.616. The van der Waals surface area contributed by atoms with Crippen LogP contribution in [0.1, 0.15) is 22.8 Å². The van der Waals surface area contributed by atoms with Gasteiger partial charge < -0.3 is 9.84 Å². The molecule has 0 heterocycles. The highest BCUT2D eigenvalue weighted by atomic mass is 16.5. The predicted molar refractivity (Wildman–Crippen MR) is 85.4 cm³/mol. The molecule has 0 saturated carbocycles. The molecule has 2 aromatic rings. The summed E-state index contributed by atoms with van der Waals surface area (Å²) in [5, 5.41) is 13.7. The fraction of sp³-hybridized carbons (Fsp3) is 0.176. The Hall–Kier alpha value is -2.82. The van der Waals surface area contributed by atoms with Gasteiger partial charge in [0.2, 0.25) is 0 Å². The fourth-order valence-electron chi connectivity index (χ4n) is 1.95. The molecule has 5 heteroatoms. The van der Waals surface area contributed by atoms with Crippen LogP contribution in [0.5, 0.6) is 11.5 Å². The van der Waals surface area contributed by atoms with Crippen molar-refractivity contribution in [3.8, 4) is 11.5 Å². The van der Waals surface area contributed by atoms with E-state index in [4.69, 9.17) is 4.74 Å². The first-order valence-electron chi connectivity index (χ1n) is 6.84. The summed E-state index contributed by atoms with van der Waals surface area (Å²) in [6, 6.07) is 14.0. The first-order chi connectivity index (χ1) is 10.6. The first-order valence-corrected chi connectivity index (χ1v) is 6.84. The van der Waals surface area contributed by atoms with Crippen molar-refractivity contribution >= 4 is 11.6 Å². The molecule has 0 aliphatic rings. The topological polar surface area (TPSA) is 70.9 Å². The van der Waals surface area contributed by atoms with Crippen molar-refractivity contribution in [3.05, 3.63) is 59.7 Å². The van der Waals surface area contributed by atoms with E-state index in [1.807, 2.05) is 31.2 Å². The molecule has 0 atom stereocenters. The lowest BCUT2D eigenvalue weighted by atomic mass is 10.1. The molecule has 0 unspecified atom stereocenters. The third kappa shape index (κ3) is 4.09. The summed E-state index contributed by atoms with van der Waals surface area (Å²) >= 11 is 0. The molecule has 0 aromatic heterocycles. The highest BCUT2D eigenvalue weighted by Gasteiger charge is 2.09. The van der Waals surface area contributed by atoms with Gasteiger partial charge in [0.15, 0.2) is 0 Å². The van der Waals surface area contributed by atoms with Crippen molar-refractivity contribution in [2.75, 3.05) is 7.11 Å². The second-order valence-electron chi connectivity index (χ2n) is 4.83. The van der Waals surface area contributed by atoms with Crippen LogP contribution in [0, 0.1) is 0 Å². The lowest BCUT2D eigenvalue weighted by Crippen LogP contribution is -2.19. The van der Waals surface area contributed by atoms with Crippen LogP contribution in [-0.4, -0.2) is 23.8 Å². The Balaban J connectivity index is 1.97. The number of phenolic OH excluding ortho intramolecular Hbond substituents is 1. The number of rotatable bonds is 5. The van der Waals surface area contributed by atoms with E-state index in [9.17, 15) is 9.90 Å². The van der Waals surface area contributed by atoms with Gasteiger partial charge in [-0.15, -0.1) is 0 Å². The predicted octanol–water partition coefficient (Wildman–Crippen LogP) is 2.75. The van der Waals surface area contributed by atoms with Crippen molar-refractivity contribution in [1.29, 1.82) is 0 Å². The Labute approximate surface area is 129 Å². The van der Waals surface area contributed by atoms with Crippen LogP contribution < -0.4 is 10.2 Å². The molecule has 114 valence electrons. The van der Waals surface area contributed by atoms with Crippen molar-refractivity contribution in [2.24, 2.45) is 5.10 Å². The molecule has 0 spiro atoms. The molecule has 2 rings (SSSR count). The van der Waals surface area contributed by atoms with Gasteiger partial charge in [-0.3, -0.25) is 4.79 Å². The minimum absolute atomic E-state index is 0.0667. The van der Waals surface area contributed by atoms with Crippen LogP contribution in [-0.2, 0) is 6.42 Å². The minimum atomic E-state index is -0.438. The Bertz CT molecular complexity index is 679. The molecule has 2 N–H and O–H groups in total. The molecule has 2 aromatic carbocycles. The third-order valence-electron chi connectivity index (χ3n) is 3.12. The van der Waals surface area contributed by atoms with Crippen LogP contribution in [0.3, 0.4) is 0 Å². The monoisotopic (exact) mass is 298 g/mol. The minimum Gasteiger partial charge on any atom is -0.507 e. The number of hydrogen-bond donors (Lipinski definition) is 2. The van der Waals surface area contributed by atoms with Gasteiger partial charge in [-0.25, -0.2) is 5.43 Å². The summed E-state index contributed by atoms with van der Waals surface area (Å²) in [4.78, 5) is 11.9. The van der Waals surface area contributed by atoms with E-state index in [1.54, 1.807) is 25.3 Å². The van der Waals surface area contributed by atoms with E-state index >= 15 is 0 Å². The molecule has 1 amide bonds. The zero-order valence-corrected chi connectivity index (χ0v) is 12.5. The average molecular weight is 298 g/mol. The average Bonchev–Trinajstić information content (AvgIpc) is 2.54. The molecule has 0 radical (unpaired) electrons. The van der Waals surface area contributed by atoms with Crippen LogP contribution in [0.4, 0.5) is 0 Å². The van der Waals surface area contributed by atoms with E-state index in [1.165, 1.54) is 6.07 Å². The van der Waals surface area contributed by atoms with Crippen LogP contribution in [0.15, 0.2) is 53.6 Å². The number of carbonyl (C=O) groups is 1. The molecular formula is C17H18N2O3. The quantitative estimate of drug-likeness (QED) is 0.658. The number of aromatic hydroxyl groups is 1. The summed E-state index contributed by atoms with van der Waals surface area (Å²) < 4.78 is 5.10. The lowest BCUT2D eigenvalue weighted by Gasteiger charge is -2.05. The van der Waals surface area contributed by atoms with E-state index in [2.05, 4.69) is 10.5 Å². The third-order valence-corrected chi connectivity index (χ3v) is 3.12. The number of hydrazone groups is 1. The van der Waals surface area contributed by atoms with Gasteiger partial charge in [-0.05, 0) is 36.8 Å². The fourth-order valence-corrected chi connectivity index (χ4v) is 1.95. The van der Waals surface area contributed by atoms with Crippen LogP contribution in [0.25, 0.3) is 0 Å². The Morgan fingerprint density at radius 2 is 1.86 bits per heavy atom. The number of nitrogens with zero attached hydrogens (tertiary/aromatic N) is 1. The normalized spacial score (nSPS) is 11.1. The van der Waals surface area contributed by atoms with Gasteiger partial charge in [0.25, 0.3) is 5.91 Å². The van der Waals surface area contributed by atoms with E-state index in [0.29, 0.717) is 6.42 Å². The lowest BCUT2D eigenvalue weighted by molar-refractivity contribution is 0.0952. The summed E-state index contributed by atoms with van der Waals surface area (Å²) in [6.45, 7) is 1.83. The van der Waals surface area contributed by atoms with E-state index < -0.39 is 5.91 Å². The van der Waals surface area contributed by atoms with Gasteiger partial charge in [0, 0.05) is 12.1 Å². The number of ether oxygens (including phenoxy) is 1. The summed E-state index contributed by atoms with van der Waals surface area (Å²) in [5.74, 6) is 0.293. The Morgan fingerprint density at radius 1 is 1.18 bits per heavy atom. The highest BCUT2D eigenvalue weighted by Crippen LogP contribution is 2.15. The second-order valence-corrected chi connectivity index (χ2v) is 4.83. The molecule has 0 aliphatic carbocycles. The van der Waals surface area contributed by atoms with Crippen molar-refractivity contribution in [3.63, 3.8) is 0 Å². The van der Waals surface area contributed by atoms with E-state index in [0.717, 1.165) is 17.0 Å². The van der Waals surface area contributed by atoms with Crippen molar-refractivity contribution in [1.82, 2.24) is 5.43 Å². The number of para-hydroxylation sites is 1. The highest BCUT2D eigenvalue weighted by molar-refractivity contribution is 5.97. The number of carbonyl (C=O) groups excluding carboxylic acids is 1. The number of methoxy groups -OCH3 is 1. The maximum atomic E-state index is 11.9. The largest absolute Gasteiger partial charge is 0.507 e. The summed E-state index contributed by atoms with van der Waals surface area (Å²) in [5.41, 5.74) is 4.47. The Morgan fingerprint density at radius 3 is 2.50 bits per heavy atom. The number of hydrogen-bond acceptors (Lipinski definition) is 4. The molecule has 22 heavy (non-hydrogen) atoms. The van der Waals surface area contributed by atoms with Gasteiger partial charge in [0.05, 0.1) is 12.7 Å². The van der Waals surface area contributed by atoms with Gasteiger partial charge >= 0.3 is 0 Å². The van der Waals surface area contributed by atoms with Crippen molar-refractivity contribution in [2.45, 2.75) is 13.3 Å². The maximum absolute atomic E-state index is 11.9. The van der Waals surface area contributed by atoms with Crippen molar-refractivity contribution < 1.29 is 14.6 Å². The second kappa shape index (κ2) is 7.26. The zero-order chi connectivity index (χ0) is 15.9. The summed E-state index contributed by atoms with van der Waals surface area (Å²) in [7, 11) is 1.62. The smallest absolute Gasteiger partial charge is 0.275 e. The molecule has 0 aliphatic heterocycles.